The fraction of sp³-hybridized carbons (Fsp3) is 0.421. The van der Waals surface area contributed by atoms with E-state index in [-0.39, 0.29) is 18.6 Å². The zero-order chi connectivity index (χ0) is 17.5. The third kappa shape index (κ3) is 5.34. The van der Waals surface area contributed by atoms with Gasteiger partial charge in [0.15, 0.2) is 0 Å². The minimum absolute atomic E-state index is 0.131. The Morgan fingerprint density at radius 3 is 2.64 bits per heavy atom. The number of hydrogen-bond donors (Lipinski definition) is 3. The van der Waals surface area contributed by atoms with Crippen LogP contribution in [-0.2, 0) is 6.54 Å². The van der Waals surface area contributed by atoms with Crippen LogP contribution in [0.5, 0.6) is 0 Å². The molecule has 0 bridgehead atoms. The van der Waals surface area contributed by atoms with Crippen molar-refractivity contribution in [3.05, 3.63) is 60.1 Å². The van der Waals surface area contributed by atoms with Crippen LogP contribution in [-0.4, -0.2) is 41.7 Å². The number of benzene rings is 1. The van der Waals surface area contributed by atoms with Gasteiger partial charge in [0.05, 0.1) is 12.8 Å². The zero-order valence-corrected chi connectivity index (χ0v) is 14.2. The molecule has 3 N–H and O–H groups in total. The summed E-state index contributed by atoms with van der Waals surface area (Å²) in [5.41, 5.74) is 1.32. The molecule has 1 aromatic heterocycles. The van der Waals surface area contributed by atoms with Gasteiger partial charge in [0, 0.05) is 25.7 Å². The molecule has 1 aliphatic rings. The zero-order valence-electron chi connectivity index (χ0n) is 14.2. The molecule has 6 heteroatoms. The van der Waals surface area contributed by atoms with Gasteiger partial charge in [-0.25, -0.2) is 4.79 Å². The largest absolute Gasteiger partial charge is 0.467 e. The van der Waals surface area contributed by atoms with E-state index in [0.29, 0.717) is 5.76 Å². The van der Waals surface area contributed by atoms with Gasteiger partial charge in [-0.3, -0.25) is 4.90 Å². The Kier molecular flexibility index (Phi) is 6.09. The van der Waals surface area contributed by atoms with E-state index in [0.717, 1.165) is 32.5 Å². The van der Waals surface area contributed by atoms with E-state index in [4.69, 9.17) is 4.42 Å². The molecule has 25 heavy (non-hydrogen) atoms. The van der Waals surface area contributed by atoms with Gasteiger partial charge in [-0.15, -0.1) is 0 Å². The molecule has 6 nitrogen and oxygen atoms in total. The average molecular weight is 343 g/mol. The van der Waals surface area contributed by atoms with E-state index in [1.165, 1.54) is 11.8 Å². The average Bonchev–Trinajstić information content (AvgIpc) is 3.17. The SMILES string of the molecule is O=C(NCC(O)c1ccco1)NC1CCN(Cc2ccccc2)CC1. The fourth-order valence-electron chi connectivity index (χ4n) is 3.08. The highest BCUT2D eigenvalue weighted by atomic mass is 16.4. The van der Waals surface area contributed by atoms with Crippen LogP contribution < -0.4 is 10.6 Å². The summed E-state index contributed by atoms with van der Waals surface area (Å²) >= 11 is 0. The number of nitrogens with one attached hydrogen (secondary N) is 2. The molecule has 2 heterocycles. The fourth-order valence-corrected chi connectivity index (χ4v) is 3.08. The molecule has 0 saturated carbocycles. The van der Waals surface area contributed by atoms with Gasteiger partial charge in [0.2, 0.25) is 0 Å². The summed E-state index contributed by atoms with van der Waals surface area (Å²) in [5.74, 6) is 0.453. The van der Waals surface area contributed by atoms with Gasteiger partial charge in [-0.2, -0.15) is 0 Å². The van der Waals surface area contributed by atoms with Crippen molar-refractivity contribution in [2.45, 2.75) is 31.5 Å². The summed E-state index contributed by atoms with van der Waals surface area (Å²) in [7, 11) is 0. The summed E-state index contributed by atoms with van der Waals surface area (Å²) in [6, 6.07) is 13.8. The number of aliphatic hydroxyl groups excluding tert-OH is 1. The first kappa shape index (κ1) is 17.5. The molecule has 1 aliphatic heterocycles. The molecule has 134 valence electrons. The van der Waals surface area contributed by atoms with Crippen molar-refractivity contribution in [3.8, 4) is 0 Å². The molecule has 1 atom stereocenters. The van der Waals surface area contributed by atoms with E-state index in [1.54, 1.807) is 12.1 Å². The molecular weight excluding hydrogens is 318 g/mol. The monoisotopic (exact) mass is 343 g/mol. The Bertz CT molecular complexity index is 637. The van der Waals surface area contributed by atoms with Crippen molar-refractivity contribution < 1.29 is 14.3 Å². The molecule has 3 rings (SSSR count). The summed E-state index contributed by atoms with van der Waals surface area (Å²) in [6.45, 7) is 3.02. The topological polar surface area (TPSA) is 77.7 Å². The van der Waals surface area contributed by atoms with E-state index < -0.39 is 6.10 Å². The molecule has 2 aromatic rings. The molecule has 2 amide bonds. The van der Waals surface area contributed by atoms with Crippen molar-refractivity contribution in [3.63, 3.8) is 0 Å². The predicted octanol–water partition coefficient (Wildman–Crippen LogP) is 2.28. The number of likely N-dealkylation sites (tertiary alicyclic amines) is 1. The van der Waals surface area contributed by atoms with Gasteiger partial charge in [0.1, 0.15) is 11.9 Å². The van der Waals surface area contributed by atoms with Crippen LogP contribution in [0.2, 0.25) is 0 Å². The number of carbonyl (C=O) groups excluding carboxylic acids is 1. The molecule has 1 aromatic carbocycles. The Morgan fingerprint density at radius 1 is 1.20 bits per heavy atom. The van der Waals surface area contributed by atoms with Crippen molar-refractivity contribution in [1.82, 2.24) is 15.5 Å². The maximum absolute atomic E-state index is 12.0. The normalized spacial score (nSPS) is 17.2. The van der Waals surface area contributed by atoms with Crippen molar-refractivity contribution in [2.24, 2.45) is 0 Å². The predicted molar refractivity (Wildman–Crippen MR) is 94.9 cm³/mol. The van der Waals surface area contributed by atoms with Crippen molar-refractivity contribution in [2.75, 3.05) is 19.6 Å². The van der Waals surface area contributed by atoms with Crippen molar-refractivity contribution >= 4 is 6.03 Å². The van der Waals surface area contributed by atoms with Gasteiger partial charge in [-0.05, 0) is 30.5 Å². The molecule has 1 fully saturated rings. The van der Waals surface area contributed by atoms with Crippen molar-refractivity contribution in [1.29, 1.82) is 0 Å². The first-order valence-corrected chi connectivity index (χ1v) is 8.73. The lowest BCUT2D eigenvalue weighted by Gasteiger charge is -2.32. The lowest BCUT2D eigenvalue weighted by atomic mass is 10.0. The molecule has 1 saturated heterocycles. The summed E-state index contributed by atoms with van der Waals surface area (Å²) in [6.07, 6.45) is 2.54. The lowest BCUT2D eigenvalue weighted by molar-refractivity contribution is 0.146. The van der Waals surface area contributed by atoms with Crippen LogP contribution in [0.25, 0.3) is 0 Å². The van der Waals surface area contributed by atoms with Gasteiger partial charge >= 0.3 is 6.03 Å². The summed E-state index contributed by atoms with van der Waals surface area (Å²) in [4.78, 5) is 14.4. The maximum atomic E-state index is 12.0. The van der Waals surface area contributed by atoms with Crippen LogP contribution in [0.1, 0.15) is 30.3 Å². The number of rotatable bonds is 6. The van der Waals surface area contributed by atoms with E-state index in [9.17, 15) is 9.90 Å². The van der Waals surface area contributed by atoms with Crippen LogP contribution in [0.3, 0.4) is 0 Å². The maximum Gasteiger partial charge on any atom is 0.315 e. The van der Waals surface area contributed by atoms with Gasteiger partial charge in [0.25, 0.3) is 0 Å². The third-order valence-corrected chi connectivity index (χ3v) is 4.50. The van der Waals surface area contributed by atoms with Gasteiger partial charge in [-0.1, -0.05) is 30.3 Å². The number of aliphatic hydroxyl groups is 1. The second-order valence-corrected chi connectivity index (χ2v) is 6.42. The summed E-state index contributed by atoms with van der Waals surface area (Å²) in [5, 5.41) is 15.6. The number of urea groups is 1. The smallest absolute Gasteiger partial charge is 0.315 e. The second kappa shape index (κ2) is 8.69. The highest BCUT2D eigenvalue weighted by Crippen LogP contribution is 2.14. The van der Waals surface area contributed by atoms with E-state index in [1.807, 2.05) is 6.07 Å². The Labute approximate surface area is 147 Å². The van der Waals surface area contributed by atoms with Gasteiger partial charge < -0.3 is 20.2 Å². The molecule has 0 spiro atoms. The molecule has 0 radical (unpaired) electrons. The van der Waals surface area contributed by atoms with Crippen LogP contribution >= 0.6 is 0 Å². The molecule has 1 unspecified atom stereocenters. The van der Waals surface area contributed by atoms with Crippen LogP contribution in [0.4, 0.5) is 4.79 Å². The van der Waals surface area contributed by atoms with Crippen LogP contribution in [0, 0.1) is 0 Å². The minimum atomic E-state index is -0.825. The number of furan rings is 1. The number of carbonyl (C=O) groups is 1. The third-order valence-electron chi connectivity index (χ3n) is 4.50. The van der Waals surface area contributed by atoms with E-state index in [2.05, 4.69) is 39.8 Å². The quantitative estimate of drug-likeness (QED) is 0.752. The molecule has 0 aliphatic carbocycles. The highest BCUT2D eigenvalue weighted by Gasteiger charge is 2.21. The lowest BCUT2D eigenvalue weighted by Crippen LogP contribution is -2.48. The van der Waals surface area contributed by atoms with E-state index >= 15 is 0 Å². The molecular formula is C19H25N3O3. The number of hydrogen-bond acceptors (Lipinski definition) is 4. The Balaban J connectivity index is 1.35. The second-order valence-electron chi connectivity index (χ2n) is 6.42. The minimum Gasteiger partial charge on any atom is -0.467 e. The number of nitrogens with zero attached hydrogens (tertiary/aromatic N) is 1. The number of amides is 2. The van der Waals surface area contributed by atoms with Crippen LogP contribution in [0.15, 0.2) is 53.1 Å². The Morgan fingerprint density at radius 2 is 1.96 bits per heavy atom. The first-order chi connectivity index (χ1) is 12.2. The standard InChI is InChI=1S/C19H25N3O3/c23-17(18-7-4-12-25-18)13-20-19(24)21-16-8-10-22(11-9-16)14-15-5-2-1-3-6-15/h1-7,12,16-17,23H,8-11,13-14H2,(H2,20,21,24). The highest BCUT2D eigenvalue weighted by molar-refractivity contribution is 5.74. The number of piperidine rings is 1. The first-order valence-electron chi connectivity index (χ1n) is 8.73. The summed E-state index contributed by atoms with van der Waals surface area (Å²) < 4.78 is 5.11. The Hall–Kier alpha value is -2.31.